The van der Waals surface area contributed by atoms with E-state index in [1.54, 1.807) is 12.4 Å². The molecule has 3 aromatic rings. The summed E-state index contributed by atoms with van der Waals surface area (Å²) in [5, 5.41) is 3.34. The Morgan fingerprint density at radius 2 is 1.59 bits per heavy atom. The zero-order chi connectivity index (χ0) is 18.5. The minimum Gasteiger partial charge on any atom is -0.353 e. The molecule has 1 aliphatic rings. The van der Waals surface area contributed by atoms with E-state index in [-0.39, 0.29) is 0 Å². The third-order valence-corrected chi connectivity index (χ3v) is 4.57. The minimum absolute atomic E-state index is 0.669. The lowest BCUT2D eigenvalue weighted by Gasteiger charge is -2.35. The Morgan fingerprint density at radius 3 is 2.33 bits per heavy atom. The van der Waals surface area contributed by atoms with Crippen LogP contribution >= 0.6 is 0 Å². The Labute approximate surface area is 159 Å². The van der Waals surface area contributed by atoms with Gasteiger partial charge in [0.05, 0.1) is 0 Å². The number of aryl methyl sites for hydroxylation is 1. The molecule has 1 N–H and O–H groups in total. The van der Waals surface area contributed by atoms with Crippen molar-refractivity contribution in [1.29, 1.82) is 0 Å². The summed E-state index contributed by atoms with van der Waals surface area (Å²) < 4.78 is 0. The van der Waals surface area contributed by atoms with Gasteiger partial charge >= 0.3 is 0 Å². The highest BCUT2D eigenvalue weighted by molar-refractivity contribution is 5.47. The van der Waals surface area contributed by atoms with E-state index in [0.29, 0.717) is 12.5 Å². The SMILES string of the molecule is Cc1cc(N2CCN(c3ncccn3)CC2)nc(NCc2ccccc2)n1. The lowest BCUT2D eigenvalue weighted by atomic mass is 10.2. The van der Waals surface area contributed by atoms with Crippen molar-refractivity contribution >= 4 is 17.7 Å². The van der Waals surface area contributed by atoms with Crippen molar-refractivity contribution in [3.63, 3.8) is 0 Å². The van der Waals surface area contributed by atoms with Gasteiger partial charge in [-0.05, 0) is 18.6 Å². The van der Waals surface area contributed by atoms with Crippen molar-refractivity contribution in [1.82, 2.24) is 19.9 Å². The molecule has 0 radical (unpaired) electrons. The van der Waals surface area contributed by atoms with Crippen molar-refractivity contribution in [3.8, 4) is 0 Å². The highest BCUT2D eigenvalue weighted by atomic mass is 15.3. The molecule has 0 saturated carbocycles. The molecule has 27 heavy (non-hydrogen) atoms. The molecule has 2 aromatic heterocycles. The van der Waals surface area contributed by atoms with Crippen molar-refractivity contribution < 1.29 is 0 Å². The first-order chi connectivity index (χ1) is 13.3. The van der Waals surface area contributed by atoms with Crippen LogP contribution < -0.4 is 15.1 Å². The van der Waals surface area contributed by atoms with Gasteiger partial charge < -0.3 is 15.1 Å². The number of hydrogen-bond donors (Lipinski definition) is 1. The van der Waals surface area contributed by atoms with Crippen LogP contribution in [0.3, 0.4) is 0 Å². The Morgan fingerprint density at radius 1 is 0.889 bits per heavy atom. The van der Waals surface area contributed by atoms with Crippen molar-refractivity contribution in [2.75, 3.05) is 41.3 Å². The van der Waals surface area contributed by atoms with E-state index in [1.807, 2.05) is 37.3 Å². The van der Waals surface area contributed by atoms with Crippen molar-refractivity contribution in [2.24, 2.45) is 0 Å². The fraction of sp³-hybridized carbons (Fsp3) is 0.300. The number of benzene rings is 1. The summed E-state index contributed by atoms with van der Waals surface area (Å²) in [5.74, 6) is 2.43. The molecule has 0 spiro atoms. The number of piperazine rings is 1. The monoisotopic (exact) mass is 361 g/mol. The van der Waals surface area contributed by atoms with Crippen LogP contribution in [0.4, 0.5) is 17.7 Å². The Balaban J connectivity index is 1.41. The summed E-state index contributed by atoms with van der Waals surface area (Å²) in [6.45, 7) is 6.23. The number of rotatable bonds is 5. The van der Waals surface area contributed by atoms with Crippen LogP contribution in [0.15, 0.2) is 54.9 Å². The zero-order valence-electron chi connectivity index (χ0n) is 15.4. The average molecular weight is 361 g/mol. The van der Waals surface area contributed by atoms with E-state index in [1.165, 1.54) is 5.56 Å². The second-order valence-corrected chi connectivity index (χ2v) is 6.55. The van der Waals surface area contributed by atoms with Gasteiger partial charge in [-0.2, -0.15) is 4.98 Å². The molecule has 7 heteroatoms. The lowest BCUT2D eigenvalue weighted by Crippen LogP contribution is -2.47. The van der Waals surface area contributed by atoms with E-state index >= 15 is 0 Å². The Bertz CT molecular complexity index is 862. The molecule has 1 aromatic carbocycles. The summed E-state index contributed by atoms with van der Waals surface area (Å²) in [4.78, 5) is 22.4. The number of nitrogens with one attached hydrogen (secondary N) is 1. The molecular weight excluding hydrogens is 338 g/mol. The molecule has 0 aliphatic carbocycles. The quantitative estimate of drug-likeness (QED) is 0.749. The molecule has 0 atom stereocenters. The normalized spacial score (nSPS) is 14.3. The topological polar surface area (TPSA) is 70.1 Å². The first-order valence-corrected chi connectivity index (χ1v) is 9.18. The lowest BCUT2D eigenvalue weighted by molar-refractivity contribution is 0.634. The highest BCUT2D eigenvalue weighted by Gasteiger charge is 2.20. The average Bonchev–Trinajstić information content (AvgIpc) is 2.73. The Hall–Kier alpha value is -3.22. The maximum absolute atomic E-state index is 4.72. The second-order valence-electron chi connectivity index (χ2n) is 6.55. The summed E-state index contributed by atoms with van der Waals surface area (Å²) in [7, 11) is 0. The smallest absolute Gasteiger partial charge is 0.225 e. The molecule has 138 valence electrons. The minimum atomic E-state index is 0.669. The van der Waals surface area contributed by atoms with Crippen LogP contribution in [0.1, 0.15) is 11.3 Å². The van der Waals surface area contributed by atoms with Crippen LogP contribution in [-0.2, 0) is 6.54 Å². The van der Waals surface area contributed by atoms with E-state index in [4.69, 9.17) is 4.98 Å². The van der Waals surface area contributed by atoms with E-state index in [9.17, 15) is 0 Å². The van der Waals surface area contributed by atoms with Crippen LogP contribution in [-0.4, -0.2) is 46.1 Å². The van der Waals surface area contributed by atoms with Gasteiger partial charge in [-0.1, -0.05) is 30.3 Å². The highest BCUT2D eigenvalue weighted by Crippen LogP contribution is 2.19. The molecule has 4 rings (SSSR count). The molecule has 1 saturated heterocycles. The van der Waals surface area contributed by atoms with Crippen molar-refractivity contribution in [2.45, 2.75) is 13.5 Å². The maximum Gasteiger partial charge on any atom is 0.225 e. The van der Waals surface area contributed by atoms with Crippen LogP contribution in [0.2, 0.25) is 0 Å². The standard InChI is InChI=1S/C20H23N7/c1-16-14-18(25-19(24-16)23-15-17-6-3-2-4-7-17)26-10-12-27(13-11-26)20-21-8-5-9-22-20/h2-9,14H,10-13,15H2,1H3,(H,23,24,25). The predicted molar refractivity (Wildman–Crippen MR) is 107 cm³/mol. The van der Waals surface area contributed by atoms with Gasteiger partial charge in [0.2, 0.25) is 11.9 Å². The number of aromatic nitrogens is 4. The molecule has 3 heterocycles. The largest absolute Gasteiger partial charge is 0.353 e. The van der Waals surface area contributed by atoms with Gasteiger partial charge in [0, 0.05) is 56.9 Å². The van der Waals surface area contributed by atoms with Gasteiger partial charge in [0.25, 0.3) is 0 Å². The van der Waals surface area contributed by atoms with Gasteiger partial charge in [-0.15, -0.1) is 0 Å². The number of anilines is 3. The summed E-state index contributed by atoms with van der Waals surface area (Å²) in [5.41, 5.74) is 2.17. The fourth-order valence-electron chi connectivity index (χ4n) is 3.16. The van der Waals surface area contributed by atoms with E-state index in [2.05, 4.69) is 42.2 Å². The second kappa shape index (κ2) is 7.99. The molecule has 1 fully saturated rings. The van der Waals surface area contributed by atoms with Gasteiger partial charge in [0.1, 0.15) is 5.82 Å². The third kappa shape index (κ3) is 4.31. The van der Waals surface area contributed by atoms with E-state index < -0.39 is 0 Å². The third-order valence-electron chi connectivity index (χ3n) is 4.57. The Kier molecular flexibility index (Phi) is 5.09. The first-order valence-electron chi connectivity index (χ1n) is 9.18. The van der Waals surface area contributed by atoms with Gasteiger partial charge in [0.15, 0.2) is 0 Å². The van der Waals surface area contributed by atoms with Gasteiger partial charge in [-0.3, -0.25) is 0 Å². The number of nitrogens with zero attached hydrogens (tertiary/aromatic N) is 6. The van der Waals surface area contributed by atoms with Crippen molar-refractivity contribution in [3.05, 3.63) is 66.1 Å². The summed E-state index contributed by atoms with van der Waals surface area (Å²) in [6.07, 6.45) is 3.57. The molecule has 0 unspecified atom stereocenters. The number of hydrogen-bond acceptors (Lipinski definition) is 7. The molecule has 0 amide bonds. The zero-order valence-corrected chi connectivity index (χ0v) is 15.4. The molecule has 0 bridgehead atoms. The summed E-state index contributed by atoms with van der Waals surface area (Å²) >= 11 is 0. The summed E-state index contributed by atoms with van der Waals surface area (Å²) in [6, 6.07) is 14.2. The fourth-order valence-corrected chi connectivity index (χ4v) is 3.16. The van der Waals surface area contributed by atoms with Crippen LogP contribution in [0, 0.1) is 6.92 Å². The molecule has 1 aliphatic heterocycles. The first kappa shape index (κ1) is 17.2. The van der Waals surface area contributed by atoms with E-state index in [0.717, 1.165) is 43.6 Å². The molecule has 7 nitrogen and oxygen atoms in total. The van der Waals surface area contributed by atoms with Gasteiger partial charge in [-0.25, -0.2) is 15.0 Å². The van der Waals surface area contributed by atoms with Crippen LogP contribution in [0.5, 0.6) is 0 Å². The van der Waals surface area contributed by atoms with Crippen LogP contribution in [0.25, 0.3) is 0 Å². The molecular formula is C20H23N7. The predicted octanol–water partition coefficient (Wildman–Crippen LogP) is 2.51. The maximum atomic E-state index is 4.72.